The second kappa shape index (κ2) is 8.22. The zero-order valence-electron chi connectivity index (χ0n) is 13.8. The van der Waals surface area contributed by atoms with Gasteiger partial charge in [0, 0.05) is 25.7 Å². The average Bonchev–Trinajstić information content (AvgIpc) is 2.97. The van der Waals surface area contributed by atoms with E-state index in [2.05, 4.69) is 10.4 Å². The van der Waals surface area contributed by atoms with Gasteiger partial charge in [-0.05, 0) is 37.6 Å². The van der Waals surface area contributed by atoms with E-state index in [0.29, 0.717) is 37.6 Å². The van der Waals surface area contributed by atoms with Gasteiger partial charge in [0.1, 0.15) is 0 Å². The first kappa shape index (κ1) is 16.9. The molecule has 0 spiro atoms. The van der Waals surface area contributed by atoms with Crippen molar-refractivity contribution >= 4 is 5.91 Å². The number of hydrogen-bond acceptors (Lipinski definition) is 4. The summed E-state index contributed by atoms with van der Waals surface area (Å²) < 4.78 is 12.6. The Kier molecular flexibility index (Phi) is 6.02. The van der Waals surface area contributed by atoms with Crippen molar-refractivity contribution in [3.63, 3.8) is 0 Å². The van der Waals surface area contributed by atoms with Crippen molar-refractivity contribution in [1.82, 2.24) is 15.1 Å². The van der Waals surface area contributed by atoms with Crippen LogP contribution in [0.1, 0.15) is 24.6 Å². The Bertz CT molecular complexity index is 652. The van der Waals surface area contributed by atoms with E-state index in [0.717, 1.165) is 11.3 Å². The molecule has 1 aromatic heterocycles. The third kappa shape index (κ3) is 5.02. The zero-order valence-corrected chi connectivity index (χ0v) is 13.8. The number of methoxy groups -OCH3 is 1. The summed E-state index contributed by atoms with van der Waals surface area (Å²) in [6.45, 7) is 5.47. The van der Waals surface area contributed by atoms with Crippen LogP contribution in [0, 0.1) is 6.92 Å². The number of carbonyl (C=O) groups is 1. The highest BCUT2D eigenvalue weighted by molar-refractivity contribution is 5.75. The second-order valence-corrected chi connectivity index (χ2v) is 5.17. The molecule has 0 aliphatic heterocycles. The van der Waals surface area contributed by atoms with Crippen molar-refractivity contribution in [2.24, 2.45) is 0 Å². The number of aromatic nitrogens is 2. The second-order valence-electron chi connectivity index (χ2n) is 5.17. The first-order valence-electron chi connectivity index (χ1n) is 7.69. The molecule has 1 N–H and O–H groups in total. The van der Waals surface area contributed by atoms with Crippen LogP contribution in [0.3, 0.4) is 0 Å². The van der Waals surface area contributed by atoms with Gasteiger partial charge in [0.15, 0.2) is 11.5 Å². The summed E-state index contributed by atoms with van der Waals surface area (Å²) in [5.74, 6) is 1.37. The SMILES string of the molecule is CCOc1ccc(CNC(=O)CCn2ccc(C)n2)cc1OC. The molecule has 1 amide bonds. The van der Waals surface area contributed by atoms with Gasteiger partial charge in [-0.3, -0.25) is 9.48 Å². The smallest absolute Gasteiger partial charge is 0.222 e. The van der Waals surface area contributed by atoms with E-state index in [1.54, 1.807) is 11.8 Å². The lowest BCUT2D eigenvalue weighted by atomic mass is 10.2. The summed E-state index contributed by atoms with van der Waals surface area (Å²) >= 11 is 0. The molecule has 23 heavy (non-hydrogen) atoms. The van der Waals surface area contributed by atoms with E-state index in [1.165, 1.54) is 0 Å². The number of aryl methyl sites for hydroxylation is 2. The predicted octanol–water partition coefficient (Wildman–Crippen LogP) is 2.31. The molecule has 124 valence electrons. The number of nitrogens with one attached hydrogen (secondary N) is 1. The standard InChI is InChI=1S/C17H23N3O3/c1-4-23-15-6-5-14(11-16(15)22-3)12-18-17(21)8-10-20-9-7-13(2)19-20/h5-7,9,11H,4,8,10,12H2,1-3H3,(H,18,21). The molecule has 0 radical (unpaired) electrons. The lowest BCUT2D eigenvalue weighted by molar-refractivity contribution is -0.121. The number of carbonyl (C=O) groups excluding carboxylic acids is 1. The molecule has 0 saturated heterocycles. The van der Waals surface area contributed by atoms with Gasteiger partial charge in [0.05, 0.1) is 19.4 Å². The molecule has 0 saturated carbocycles. The fraction of sp³-hybridized carbons (Fsp3) is 0.412. The van der Waals surface area contributed by atoms with Crippen LogP contribution in [0.2, 0.25) is 0 Å². The van der Waals surface area contributed by atoms with Crippen LogP contribution in [-0.4, -0.2) is 29.4 Å². The van der Waals surface area contributed by atoms with Crippen molar-refractivity contribution in [2.75, 3.05) is 13.7 Å². The minimum absolute atomic E-state index is 0.00833. The van der Waals surface area contributed by atoms with E-state index in [4.69, 9.17) is 9.47 Å². The maximum atomic E-state index is 11.9. The van der Waals surface area contributed by atoms with Gasteiger partial charge >= 0.3 is 0 Å². The summed E-state index contributed by atoms with van der Waals surface area (Å²) in [5, 5.41) is 7.16. The summed E-state index contributed by atoms with van der Waals surface area (Å²) in [4.78, 5) is 11.9. The van der Waals surface area contributed by atoms with Crippen molar-refractivity contribution in [3.8, 4) is 11.5 Å². The van der Waals surface area contributed by atoms with E-state index >= 15 is 0 Å². The Hall–Kier alpha value is -2.50. The van der Waals surface area contributed by atoms with E-state index in [-0.39, 0.29) is 5.91 Å². The van der Waals surface area contributed by atoms with Crippen LogP contribution in [0.15, 0.2) is 30.5 Å². The molecule has 1 aromatic carbocycles. The molecule has 2 aromatic rings. The maximum absolute atomic E-state index is 11.9. The van der Waals surface area contributed by atoms with Crippen LogP contribution in [0.25, 0.3) is 0 Å². The van der Waals surface area contributed by atoms with Crippen molar-refractivity contribution in [1.29, 1.82) is 0 Å². The molecule has 0 unspecified atom stereocenters. The molecule has 6 heteroatoms. The topological polar surface area (TPSA) is 65.4 Å². The van der Waals surface area contributed by atoms with E-state index < -0.39 is 0 Å². The van der Waals surface area contributed by atoms with Gasteiger partial charge in [-0.15, -0.1) is 0 Å². The van der Waals surface area contributed by atoms with E-state index in [1.807, 2.05) is 44.3 Å². The molecule has 0 bridgehead atoms. The van der Waals surface area contributed by atoms with Gasteiger partial charge in [0.25, 0.3) is 0 Å². The quantitative estimate of drug-likeness (QED) is 0.811. The van der Waals surface area contributed by atoms with Crippen LogP contribution in [-0.2, 0) is 17.9 Å². The largest absolute Gasteiger partial charge is 0.493 e. The van der Waals surface area contributed by atoms with Gasteiger partial charge < -0.3 is 14.8 Å². The van der Waals surface area contributed by atoms with Crippen molar-refractivity contribution in [3.05, 3.63) is 41.7 Å². The van der Waals surface area contributed by atoms with E-state index in [9.17, 15) is 4.79 Å². The molecule has 0 aliphatic carbocycles. The van der Waals surface area contributed by atoms with Crippen LogP contribution in [0.5, 0.6) is 11.5 Å². The van der Waals surface area contributed by atoms with Gasteiger partial charge in [-0.1, -0.05) is 6.07 Å². The fourth-order valence-electron chi connectivity index (χ4n) is 2.19. The Labute approximate surface area is 136 Å². The average molecular weight is 317 g/mol. The first-order chi connectivity index (χ1) is 11.1. The summed E-state index contributed by atoms with van der Waals surface area (Å²) in [6, 6.07) is 7.58. The molecule has 0 atom stereocenters. The van der Waals surface area contributed by atoms with Crippen LogP contribution in [0.4, 0.5) is 0 Å². The summed E-state index contributed by atoms with van der Waals surface area (Å²) in [6.07, 6.45) is 2.27. The molecule has 2 rings (SSSR count). The highest BCUT2D eigenvalue weighted by Gasteiger charge is 2.07. The monoisotopic (exact) mass is 317 g/mol. The van der Waals surface area contributed by atoms with Gasteiger partial charge in [-0.25, -0.2) is 0 Å². The number of benzene rings is 1. The van der Waals surface area contributed by atoms with Crippen LogP contribution >= 0.6 is 0 Å². The van der Waals surface area contributed by atoms with Crippen molar-refractivity contribution < 1.29 is 14.3 Å². The zero-order chi connectivity index (χ0) is 16.7. The fourth-order valence-corrected chi connectivity index (χ4v) is 2.19. The molecule has 1 heterocycles. The predicted molar refractivity (Wildman–Crippen MR) is 87.6 cm³/mol. The minimum Gasteiger partial charge on any atom is -0.493 e. The summed E-state index contributed by atoms with van der Waals surface area (Å²) in [7, 11) is 1.60. The Morgan fingerprint density at radius 2 is 2.13 bits per heavy atom. The number of amides is 1. The Morgan fingerprint density at radius 3 is 2.78 bits per heavy atom. The molecule has 0 fully saturated rings. The highest BCUT2D eigenvalue weighted by atomic mass is 16.5. The Balaban J connectivity index is 1.83. The minimum atomic E-state index is -0.00833. The Morgan fingerprint density at radius 1 is 1.30 bits per heavy atom. The molecule has 6 nitrogen and oxygen atoms in total. The first-order valence-corrected chi connectivity index (χ1v) is 7.69. The molecular weight excluding hydrogens is 294 g/mol. The van der Waals surface area contributed by atoms with Gasteiger partial charge in [-0.2, -0.15) is 5.10 Å². The third-order valence-electron chi connectivity index (χ3n) is 3.36. The van der Waals surface area contributed by atoms with Crippen LogP contribution < -0.4 is 14.8 Å². The summed E-state index contributed by atoms with van der Waals surface area (Å²) in [5.41, 5.74) is 1.92. The number of nitrogens with zero attached hydrogens (tertiary/aromatic N) is 2. The maximum Gasteiger partial charge on any atom is 0.222 e. The highest BCUT2D eigenvalue weighted by Crippen LogP contribution is 2.27. The number of ether oxygens (including phenoxy) is 2. The molecule has 0 aliphatic rings. The lowest BCUT2D eigenvalue weighted by Crippen LogP contribution is -2.24. The molecular formula is C17H23N3O3. The third-order valence-corrected chi connectivity index (χ3v) is 3.36. The number of hydrogen-bond donors (Lipinski definition) is 1. The number of rotatable bonds is 8. The lowest BCUT2D eigenvalue weighted by Gasteiger charge is -2.11. The normalized spacial score (nSPS) is 10.4. The van der Waals surface area contributed by atoms with Crippen molar-refractivity contribution in [2.45, 2.75) is 33.4 Å². The van der Waals surface area contributed by atoms with Gasteiger partial charge in [0.2, 0.25) is 5.91 Å².